The second-order valence-electron chi connectivity index (χ2n) is 5.81. The average Bonchev–Trinajstić information content (AvgIpc) is 2.68. The van der Waals surface area contributed by atoms with Gasteiger partial charge in [0.05, 0.1) is 51.9 Å². The number of hydrogen-bond acceptors (Lipinski definition) is 6. The molecule has 0 radical (unpaired) electrons. The molecule has 2 rings (SSSR count). The van der Waals surface area contributed by atoms with E-state index in [4.69, 9.17) is 18.9 Å². The summed E-state index contributed by atoms with van der Waals surface area (Å²) in [6, 6.07) is 1.73. The fraction of sp³-hybridized carbons (Fsp3) is 0.286. The summed E-state index contributed by atoms with van der Waals surface area (Å²) in [6.45, 7) is 5.67. The number of allylic oxidation sites excluding steroid dienone is 7. The summed E-state index contributed by atoms with van der Waals surface area (Å²) in [5.41, 5.74) is 2.65. The van der Waals surface area contributed by atoms with Crippen molar-refractivity contribution in [3.8, 4) is 17.2 Å². The molecule has 0 saturated carbocycles. The Morgan fingerprint density at radius 1 is 1.11 bits per heavy atom. The smallest absolute Gasteiger partial charge is 0.204 e. The van der Waals surface area contributed by atoms with Crippen molar-refractivity contribution in [1.82, 2.24) is 0 Å². The number of ketones is 1. The highest BCUT2D eigenvalue weighted by molar-refractivity contribution is 6.09. The van der Waals surface area contributed by atoms with Gasteiger partial charge in [0.1, 0.15) is 0 Å². The van der Waals surface area contributed by atoms with Crippen molar-refractivity contribution in [3.05, 3.63) is 59.5 Å². The van der Waals surface area contributed by atoms with Crippen LogP contribution in [-0.2, 0) is 4.74 Å². The number of fused-ring (bicyclic) bond motifs is 1. The van der Waals surface area contributed by atoms with Crippen LogP contribution in [0.3, 0.4) is 0 Å². The van der Waals surface area contributed by atoms with Gasteiger partial charge in [0.25, 0.3) is 0 Å². The van der Waals surface area contributed by atoms with Crippen molar-refractivity contribution < 1.29 is 23.7 Å². The number of carbonyl (C=O) groups excluding carboxylic acids is 1. The lowest BCUT2D eigenvalue weighted by Crippen LogP contribution is -2.18. The topological polar surface area (TPSA) is 66.0 Å². The van der Waals surface area contributed by atoms with E-state index in [1.54, 1.807) is 19.3 Å². The zero-order chi connectivity index (χ0) is 20.0. The zero-order valence-corrected chi connectivity index (χ0v) is 16.3. The van der Waals surface area contributed by atoms with Gasteiger partial charge in [-0.3, -0.25) is 4.79 Å². The average molecular weight is 371 g/mol. The van der Waals surface area contributed by atoms with Gasteiger partial charge in [-0.25, -0.2) is 0 Å². The summed E-state index contributed by atoms with van der Waals surface area (Å²) in [5, 5.41) is 3.28. The predicted molar refractivity (Wildman–Crippen MR) is 106 cm³/mol. The molecule has 1 N–H and O–H groups in total. The maximum absolute atomic E-state index is 12.8. The van der Waals surface area contributed by atoms with Crippen molar-refractivity contribution in [3.63, 3.8) is 0 Å². The van der Waals surface area contributed by atoms with E-state index in [0.717, 1.165) is 17.0 Å². The first-order valence-corrected chi connectivity index (χ1v) is 8.37. The van der Waals surface area contributed by atoms with Crippen LogP contribution in [0.1, 0.15) is 23.7 Å². The van der Waals surface area contributed by atoms with Gasteiger partial charge >= 0.3 is 0 Å². The minimum absolute atomic E-state index is 0.0696. The van der Waals surface area contributed by atoms with Crippen LogP contribution in [0.5, 0.6) is 17.2 Å². The van der Waals surface area contributed by atoms with E-state index in [1.807, 2.05) is 25.2 Å². The second kappa shape index (κ2) is 8.98. The quantitative estimate of drug-likeness (QED) is 0.571. The molecule has 0 aliphatic carbocycles. The fourth-order valence-corrected chi connectivity index (χ4v) is 2.76. The highest BCUT2D eigenvalue weighted by Gasteiger charge is 2.29. The second-order valence-corrected chi connectivity index (χ2v) is 5.81. The maximum Gasteiger partial charge on any atom is 0.204 e. The van der Waals surface area contributed by atoms with Crippen LogP contribution >= 0.6 is 0 Å². The number of benzene rings is 1. The first-order valence-electron chi connectivity index (χ1n) is 8.37. The van der Waals surface area contributed by atoms with E-state index in [2.05, 4.69) is 11.9 Å². The van der Waals surface area contributed by atoms with Crippen LogP contribution in [0.4, 0.5) is 5.69 Å². The summed E-state index contributed by atoms with van der Waals surface area (Å²) in [7, 11) is 6.15. The minimum atomic E-state index is -0.0696. The molecule has 1 aliphatic heterocycles. The van der Waals surface area contributed by atoms with E-state index < -0.39 is 0 Å². The molecule has 0 spiro atoms. The monoisotopic (exact) mass is 371 g/mol. The molecule has 144 valence electrons. The maximum atomic E-state index is 12.8. The first-order chi connectivity index (χ1) is 13.0. The summed E-state index contributed by atoms with van der Waals surface area (Å²) in [6.07, 6.45) is 7.50. The normalized spacial score (nSPS) is 15.7. The number of anilines is 1. The Labute approximate surface area is 159 Å². The van der Waals surface area contributed by atoms with Gasteiger partial charge in [-0.15, -0.1) is 0 Å². The highest BCUT2D eigenvalue weighted by atomic mass is 16.5. The van der Waals surface area contributed by atoms with E-state index in [-0.39, 0.29) is 12.2 Å². The number of rotatable bonds is 7. The van der Waals surface area contributed by atoms with Crippen molar-refractivity contribution in [2.24, 2.45) is 0 Å². The van der Waals surface area contributed by atoms with Gasteiger partial charge in [-0.1, -0.05) is 18.7 Å². The molecule has 0 amide bonds. The van der Waals surface area contributed by atoms with Crippen molar-refractivity contribution in [2.75, 3.05) is 33.8 Å². The third kappa shape index (κ3) is 4.34. The lowest BCUT2D eigenvalue weighted by atomic mass is 9.96. The Hall–Kier alpha value is -3.15. The Morgan fingerprint density at radius 2 is 1.81 bits per heavy atom. The van der Waals surface area contributed by atoms with Crippen LogP contribution < -0.4 is 19.5 Å². The molecule has 27 heavy (non-hydrogen) atoms. The van der Waals surface area contributed by atoms with E-state index in [9.17, 15) is 4.79 Å². The van der Waals surface area contributed by atoms with Crippen molar-refractivity contribution in [2.45, 2.75) is 13.3 Å². The fourth-order valence-electron chi connectivity index (χ4n) is 2.76. The minimum Gasteiger partial charge on any atom is -0.501 e. The van der Waals surface area contributed by atoms with Gasteiger partial charge < -0.3 is 24.3 Å². The molecule has 0 fully saturated rings. The third-order valence-corrected chi connectivity index (χ3v) is 4.16. The van der Waals surface area contributed by atoms with Crippen molar-refractivity contribution >= 4 is 11.5 Å². The van der Waals surface area contributed by atoms with Gasteiger partial charge in [0.2, 0.25) is 5.75 Å². The van der Waals surface area contributed by atoms with Crippen LogP contribution in [0.2, 0.25) is 0 Å². The van der Waals surface area contributed by atoms with Gasteiger partial charge in [0.15, 0.2) is 17.3 Å². The molecule has 1 aromatic rings. The Balaban J connectivity index is 2.49. The van der Waals surface area contributed by atoms with E-state index >= 15 is 0 Å². The lowest BCUT2D eigenvalue weighted by molar-refractivity contribution is 0.0987. The van der Waals surface area contributed by atoms with Gasteiger partial charge in [0, 0.05) is 11.8 Å². The molecule has 0 unspecified atom stereocenters. The number of carbonyl (C=O) groups is 1. The van der Waals surface area contributed by atoms with Crippen LogP contribution in [0.25, 0.3) is 0 Å². The summed E-state index contributed by atoms with van der Waals surface area (Å²) in [5.74, 6) is 1.94. The molecule has 0 bridgehead atoms. The summed E-state index contributed by atoms with van der Waals surface area (Å²) < 4.78 is 21.3. The van der Waals surface area contributed by atoms with Gasteiger partial charge in [-0.2, -0.15) is 0 Å². The SMILES string of the molecule is C=CC(/C=C1/CC(=O)c2c(cc(OC)c(OC)c2OC)N1)=C\C=C(/C)OC. The molecular weight excluding hydrogens is 346 g/mol. The predicted octanol–water partition coefficient (Wildman–Crippen LogP) is 4.26. The number of ether oxygens (including phenoxy) is 4. The molecule has 0 aromatic heterocycles. The van der Waals surface area contributed by atoms with Crippen molar-refractivity contribution in [1.29, 1.82) is 0 Å². The Kier molecular flexibility index (Phi) is 6.71. The third-order valence-electron chi connectivity index (χ3n) is 4.16. The Bertz CT molecular complexity index is 833. The summed E-state index contributed by atoms with van der Waals surface area (Å²) >= 11 is 0. The molecule has 0 atom stereocenters. The Morgan fingerprint density at radius 3 is 2.37 bits per heavy atom. The number of nitrogens with one attached hydrogen (secondary N) is 1. The number of hydrogen-bond donors (Lipinski definition) is 1. The first kappa shape index (κ1) is 20.2. The number of Topliss-reactive ketones (excluding diaryl/α,β-unsaturated/α-hetero) is 1. The molecular formula is C21H25NO5. The zero-order valence-electron chi connectivity index (χ0n) is 16.3. The molecule has 6 nitrogen and oxygen atoms in total. The highest BCUT2D eigenvalue weighted by Crippen LogP contribution is 2.46. The van der Waals surface area contributed by atoms with Crippen LogP contribution in [0, 0.1) is 0 Å². The largest absolute Gasteiger partial charge is 0.501 e. The van der Waals surface area contributed by atoms with Crippen LogP contribution in [0.15, 0.2) is 54.0 Å². The molecule has 1 heterocycles. The molecule has 6 heteroatoms. The van der Waals surface area contributed by atoms with Crippen LogP contribution in [-0.4, -0.2) is 34.2 Å². The number of methoxy groups -OCH3 is 4. The lowest BCUT2D eigenvalue weighted by Gasteiger charge is -2.24. The molecule has 0 saturated heterocycles. The molecule has 1 aromatic carbocycles. The van der Waals surface area contributed by atoms with E-state index in [0.29, 0.717) is 28.5 Å². The molecule has 1 aliphatic rings. The standard InChI is InChI=1S/C21H25NO5/c1-7-14(9-8-13(2)24-3)10-15-11-17(23)19-16(22-15)12-18(25-4)20(26-5)21(19)27-6/h7-10,12,22H,1,11H2,2-6H3/b13-8+,14-9+,15-10-. The van der Waals surface area contributed by atoms with Gasteiger partial charge in [-0.05, 0) is 24.6 Å². The van der Waals surface area contributed by atoms with E-state index in [1.165, 1.54) is 21.3 Å². The summed E-state index contributed by atoms with van der Waals surface area (Å²) in [4.78, 5) is 12.8.